The molecule has 0 bridgehead atoms. The van der Waals surface area contributed by atoms with E-state index >= 15 is 0 Å². The molecule has 1 N–H and O–H groups in total. The zero-order chi connectivity index (χ0) is 11.8. The molecule has 1 aliphatic heterocycles. The first-order valence-corrected chi connectivity index (χ1v) is 6.63. The summed E-state index contributed by atoms with van der Waals surface area (Å²) in [6.07, 6.45) is 3.52. The first kappa shape index (κ1) is 13.9. The summed E-state index contributed by atoms with van der Waals surface area (Å²) in [6, 6.07) is 0. The Kier molecular flexibility index (Phi) is 7.01. The van der Waals surface area contributed by atoms with Crippen molar-refractivity contribution in [3.05, 3.63) is 0 Å². The fourth-order valence-corrected chi connectivity index (χ4v) is 2.09. The van der Waals surface area contributed by atoms with Crippen LogP contribution >= 0.6 is 0 Å². The Balaban J connectivity index is 2.11. The molecule has 1 aliphatic rings. The SMILES string of the molecule is CC(C)CC[C@@H](CO)CCN1CCOCC1. The first-order chi connectivity index (χ1) is 7.72. The van der Waals surface area contributed by atoms with E-state index in [-0.39, 0.29) is 0 Å². The largest absolute Gasteiger partial charge is 0.396 e. The van der Waals surface area contributed by atoms with Crippen LogP contribution in [-0.2, 0) is 4.74 Å². The Labute approximate surface area is 99.8 Å². The lowest BCUT2D eigenvalue weighted by atomic mass is 9.95. The molecule has 1 fully saturated rings. The van der Waals surface area contributed by atoms with Gasteiger partial charge in [-0.15, -0.1) is 0 Å². The highest BCUT2D eigenvalue weighted by molar-refractivity contribution is 4.66. The predicted octanol–water partition coefficient (Wildman–Crippen LogP) is 1.75. The molecule has 0 aromatic rings. The maximum atomic E-state index is 9.33. The summed E-state index contributed by atoms with van der Waals surface area (Å²) in [5.74, 6) is 1.24. The molecule has 0 spiro atoms. The Hall–Kier alpha value is -0.120. The Bertz CT molecular complexity index is 167. The molecule has 0 radical (unpaired) electrons. The third kappa shape index (κ3) is 5.83. The van der Waals surface area contributed by atoms with Crippen LogP contribution in [0.1, 0.15) is 33.1 Å². The van der Waals surface area contributed by atoms with Gasteiger partial charge in [-0.3, -0.25) is 4.90 Å². The van der Waals surface area contributed by atoms with E-state index < -0.39 is 0 Å². The summed E-state index contributed by atoms with van der Waals surface area (Å²) < 4.78 is 5.32. The zero-order valence-electron chi connectivity index (χ0n) is 10.8. The van der Waals surface area contributed by atoms with Crippen LogP contribution < -0.4 is 0 Å². The number of aliphatic hydroxyl groups excluding tert-OH is 1. The number of hydrogen-bond donors (Lipinski definition) is 1. The van der Waals surface area contributed by atoms with Gasteiger partial charge in [-0.1, -0.05) is 20.3 Å². The third-order valence-electron chi connectivity index (χ3n) is 3.37. The summed E-state index contributed by atoms with van der Waals surface area (Å²) in [7, 11) is 0. The molecule has 0 aromatic heterocycles. The summed E-state index contributed by atoms with van der Waals surface area (Å²) >= 11 is 0. The van der Waals surface area contributed by atoms with Crippen molar-refractivity contribution in [2.45, 2.75) is 33.1 Å². The van der Waals surface area contributed by atoms with Gasteiger partial charge in [0.15, 0.2) is 0 Å². The minimum atomic E-state index is 0.344. The molecule has 0 aromatic carbocycles. The van der Waals surface area contributed by atoms with Crippen LogP contribution in [0.5, 0.6) is 0 Å². The second-order valence-electron chi connectivity index (χ2n) is 5.26. The number of nitrogens with zero attached hydrogens (tertiary/aromatic N) is 1. The van der Waals surface area contributed by atoms with Crippen molar-refractivity contribution in [2.75, 3.05) is 39.5 Å². The molecule has 3 nitrogen and oxygen atoms in total. The Morgan fingerprint density at radius 1 is 1.12 bits per heavy atom. The van der Waals surface area contributed by atoms with Gasteiger partial charge in [-0.25, -0.2) is 0 Å². The zero-order valence-corrected chi connectivity index (χ0v) is 10.8. The fourth-order valence-electron chi connectivity index (χ4n) is 2.09. The molecule has 96 valence electrons. The molecule has 1 heterocycles. The van der Waals surface area contributed by atoms with Crippen LogP contribution in [0.4, 0.5) is 0 Å². The van der Waals surface area contributed by atoms with Gasteiger partial charge in [0.05, 0.1) is 13.2 Å². The predicted molar refractivity (Wildman–Crippen MR) is 66.5 cm³/mol. The quantitative estimate of drug-likeness (QED) is 0.722. The van der Waals surface area contributed by atoms with Gasteiger partial charge in [0.1, 0.15) is 0 Å². The molecule has 0 amide bonds. The van der Waals surface area contributed by atoms with Crippen molar-refractivity contribution in [3.8, 4) is 0 Å². The van der Waals surface area contributed by atoms with E-state index in [1.165, 1.54) is 12.8 Å². The molecule has 0 saturated carbocycles. The molecule has 16 heavy (non-hydrogen) atoms. The minimum absolute atomic E-state index is 0.344. The van der Waals surface area contributed by atoms with E-state index in [1.807, 2.05) is 0 Å². The van der Waals surface area contributed by atoms with Gasteiger partial charge in [-0.2, -0.15) is 0 Å². The van der Waals surface area contributed by atoms with Crippen molar-refractivity contribution in [2.24, 2.45) is 11.8 Å². The molecule has 1 rings (SSSR count). The van der Waals surface area contributed by atoms with Gasteiger partial charge in [-0.05, 0) is 31.2 Å². The van der Waals surface area contributed by atoms with Crippen molar-refractivity contribution in [3.63, 3.8) is 0 Å². The normalized spacial score (nSPS) is 20.2. The van der Waals surface area contributed by atoms with Crippen molar-refractivity contribution < 1.29 is 9.84 Å². The Morgan fingerprint density at radius 2 is 1.81 bits per heavy atom. The van der Waals surface area contributed by atoms with Gasteiger partial charge in [0.25, 0.3) is 0 Å². The number of aliphatic hydroxyl groups is 1. The van der Waals surface area contributed by atoms with E-state index in [1.54, 1.807) is 0 Å². The molecule has 0 unspecified atom stereocenters. The smallest absolute Gasteiger partial charge is 0.0594 e. The molecular formula is C13H27NO2. The standard InChI is InChI=1S/C13H27NO2/c1-12(2)3-4-13(11-15)5-6-14-7-9-16-10-8-14/h12-13,15H,3-11H2,1-2H3/t13-/m1/s1. The van der Waals surface area contributed by atoms with Crippen LogP contribution in [0.3, 0.4) is 0 Å². The highest BCUT2D eigenvalue weighted by atomic mass is 16.5. The minimum Gasteiger partial charge on any atom is -0.396 e. The average Bonchev–Trinajstić information content (AvgIpc) is 2.30. The topological polar surface area (TPSA) is 32.7 Å². The third-order valence-corrected chi connectivity index (χ3v) is 3.37. The van der Waals surface area contributed by atoms with Crippen LogP contribution in [0, 0.1) is 11.8 Å². The monoisotopic (exact) mass is 229 g/mol. The number of rotatable bonds is 7. The van der Waals surface area contributed by atoms with E-state index in [0.29, 0.717) is 12.5 Å². The van der Waals surface area contributed by atoms with E-state index in [0.717, 1.165) is 45.2 Å². The maximum Gasteiger partial charge on any atom is 0.0594 e. The van der Waals surface area contributed by atoms with Crippen molar-refractivity contribution >= 4 is 0 Å². The van der Waals surface area contributed by atoms with Gasteiger partial charge >= 0.3 is 0 Å². The van der Waals surface area contributed by atoms with Crippen LogP contribution in [-0.4, -0.2) is 49.5 Å². The first-order valence-electron chi connectivity index (χ1n) is 6.63. The molecule has 1 atom stereocenters. The highest BCUT2D eigenvalue weighted by Gasteiger charge is 2.13. The lowest BCUT2D eigenvalue weighted by Crippen LogP contribution is -2.37. The fraction of sp³-hybridized carbons (Fsp3) is 1.00. The van der Waals surface area contributed by atoms with Crippen molar-refractivity contribution in [1.82, 2.24) is 4.90 Å². The number of ether oxygens (including phenoxy) is 1. The number of morpholine rings is 1. The summed E-state index contributed by atoms with van der Waals surface area (Å²) in [4.78, 5) is 2.45. The lowest BCUT2D eigenvalue weighted by Gasteiger charge is -2.28. The second kappa shape index (κ2) is 8.04. The molecule has 3 heteroatoms. The molecule has 1 saturated heterocycles. The summed E-state index contributed by atoms with van der Waals surface area (Å²) in [5, 5.41) is 9.33. The van der Waals surface area contributed by atoms with E-state index in [9.17, 15) is 5.11 Å². The van der Waals surface area contributed by atoms with Gasteiger partial charge in [0.2, 0.25) is 0 Å². The lowest BCUT2D eigenvalue weighted by molar-refractivity contribution is 0.0335. The Morgan fingerprint density at radius 3 is 2.38 bits per heavy atom. The average molecular weight is 229 g/mol. The maximum absolute atomic E-state index is 9.33. The number of hydrogen-bond acceptors (Lipinski definition) is 3. The second-order valence-corrected chi connectivity index (χ2v) is 5.26. The molecule has 0 aliphatic carbocycles. The van der Waals surface area contributed by atoms with Crippen LogP contribution in [0.25, 0.3) is 0 Å². The van der Waals surface area contributed by atoms with E-state index in [2.05, 4.69) is 18.7 Å². The van der Waals surface area contributed by atoms with Crippen LogP contribution in [0.15, 0.2) is 0 Å². The highest BCUT2D eigenvalue weighted by Crippen LogP contribution is 2.15. The van der Waals surface area contributed by atoms with E-state index in [4.69, 9.17) is 4.74 Å². The summed E-state index contributed by atoms with van der Waals surface area (Å²) in [5.41, 5.74) is 0. The summed E-state index contributed by atoms with van der Waals surface area (Å²) in [6.45, 7) is 9.81. The van der Waals surface area contributed by atoms with Crippen LogP contribution in [0.2, 0.25) is 0 Å². The van der Waals surface area contributed by atoms with Crippen molar-refractivity contribution in [1.29, 1.82) is 0 Å². The molecular weight excluding hydrogens is 202 g/mol. The van der Waals surface area contributed by atoms with Gasteiger partial charge < -0.3 is 9.84 Å². The van der Waals surface area contributed by atoms with Gasteiger partial charge in [0, 0.05) is 19.7 Å².